The van der Waals surface area contributed by atoms with Gasteiger partial charge in [0.2, 0.25) is 10.0 Å². The van der Waals surface area contributed by atoms with Gasteiger partial charge in [-0.1, -0.05) is 18.2 Å². The van der Waals surface area contributed by atoms with E-state index in [1.54, 1.807) is 0 Å². The molecule has 0 amide bonds. The summed E-state index contributed by atoms with van der Waals surface area (Å²) in [5.41, 5.74) is -1.53. The highest BCUT2D eigenvalue weighted by molar-refractivity contribution is 7.89. The van der Waals surface area contributed by atoms with Crippen LogP contribution >= 0.6 is 0 Å². The highest BCUT2D eigenvalue weighted by Gasteiger charge is 2.48. The molecule has 0 aliphatic carbocycles. The van der Waals surface area contributed by atoms with Crippen molar-refractivity contribution in [1.82, 2.24) is 0 Å². The Bertz CT molecular complexity index is 526. The van der Waals surface area contributed by atoms with Gasteiger partial charge in [-0.25, -0.2) is 22.3 Å². The fraction of sp³-hybridized carbons (Fsp3) is 0.333. The summed E-state index contributed by atoms with van der Waals surface area (Å²) < 4.78 is 84.3. The molecule has 1 aromatic rings. The number of hydrogen-bond acceptors (Lipinski definition) is 2. The molecule has 3 nitrogen and oxygen atoms in total. The second-order valence-electron chi connectivity index (χ2n) is 3.48. The maximum Gasteiger partial charge on any atom is 0.410 e. The second kappa shape index (κ2) is 4.81. The van der Waals surface area contributed by atoms with Gasteiger partial charge in [-0.15, -0.1) is 0 Å². The summed E-state index contributed by atoms with van der Waals surface area (Å²) in [6, 6.07) is 3.08. The summed E-state index contributed by atoms with van der Waals surface area (Å²) in [6.45, 7) is 0. The lowest BCUT2D eigenvalue weighted by Crippen LogP contribution is -2.33. The summed E-state index contributed by atoms with van der Waals surface area (Å²) in [5.74, 6) is 0. The summed E-state index contributed by atoms with van der Waals surface area (Å²) in [5, 5.41) is 1.48. The van der Waals surface area contributed by atoms with E-state index in [4.69, 9.17) is 0 Å². The highest BCUT2D eigenvalue weighted by Crippen LogP contribution is 2.38. The van der Waals surface area contributed by atoms with Crippen LogP contribution in [0.15, 0.2) is 24.3 Å². The first-order valence-corrected chi connectivity index (χ1v) is 6.10. The monoisotopic (exact) mass is 289 g/mol. The molecule has 0 saturated carbocycles. The van der Waals surface area contributed by atoms with E-state index < -0.39 is 39.0 Å². The van der Waals surface area contributed by atoms with Crippen molar-refractivity contribution in [2.24, 2.45) is 5.14 Å². The molecule has 0 spiro atoms. The Morgan fingerprint density at radius 1 is 1.11 bits per heavy atom. The minimum Gasteiger partial charge on any atom is -0.228 e. The molecule has 0 aromatic heterocycles. The average Bonchev–Trinajstić information content (AvgIpc) is 2.13. The van der Waals surface area contributed by atoms with E-state index in [0.29, 0.717) is 6.07 Å². The fourth-order valence-corrected chi connectivity index (χ4v) is 2.32. The van der Waals surface area contributed by atoms with E-state index in [1.807, 2.05) is 0 Å². The molecule has 2 N–H and O–H groups in total. The second-order valence-corrected chi connectivity index (χ2v) is 5.13. The van der Waals surface area contributed by atoms with Crippen LogP contribution < -0.4 is 5.14 Å². The van der Waals surface area contributed by atoms with Gasteiger partial charge in [0.25, 0.3) is 6.43 Å². The summed E-state index contributed by atoms with van der Waals surface area (Å²) in [4.78, 5) is 0. The van der Waals surface area contributed by atoms with Crippen LogP contribution in [0.4, 0.5) is 22.0 Å². The molecule has 1 aromatic carbocycles. The molecule has 0 aliphatic rings. The lowest BCUT2D eigenvalue weighted by atomic mass is 10.1. The van der Waals surface area contributed by atoms with Crippen LogP contribution in [-0.2, 0) is 10.0 Å². The highest BCUT2D eigenvalue weighted by atomic mass is 32.2. The van der Waals surface area contributed by atoms with Gasteiger partial charge < -0.3 is 0 Å². The number of alkyl halides is 5. The summed E-state index contributed by atoms with van der Waals surface area (Å²) in [6.07, 6.45) is -8.17. The van der Waals surface area contributed by atoms with Gasteiger partial charge in [0, 0.05) is 5.56 Å². The SMILES string of the molecule is NS(=O)(=O)C(c1cccc(C(F)F)c1)C(F)(F)F. The molecule has 0 heterocycles. The van der Waals surface area contributed by atoms with Crippen LogP contribution in [0.2, 0.25) is 0 Å². The standard InChI is InChI=1S/C9H8F5NO2S/c10-8(11)6-3-1-2-5(4-6)7(9(12,13)14)18(15,16)17/h1-4,7-8H,(H2,15,16,17). The Morgan fingerprint density at radius 2 is 1.61 bits per heavy atom. The van der Waals surface area contributed by atoms with Crippen LogP contribution in [0.3, 0.4) is 0 Å². The molecule has 0 aliphatic heterocycles. The number of rotatable bonds is 3. The number of benzene rings is 1. The van der Waals surface area contributed by atoms with Crippen molar-refractivity contribution in [1.29, 1.82) is 0 Å². The predicted molar refractivity (Wildman–Crippen MR) is 53.3 cm³/mol. The molecule has 9 heteroatoms. The van der Waals surface area contributed by atoms with Crippen LogP contribution in [0, 0.1) is 0 Å². The molecule has 18 heavy (non-hydrogen) atoms. The smallest absolute Gasteiger partial charge is 0.228 e. The Labute approximate surface area is 99.5 Å². The number of halogens is 5. The maximum absolute atomic E-state index is 12.6. The largest absolute Gasteiger partial charge is 0.410 e. The normalized spacial score (nSPS) is 14.8. The van der Waals surface area contributed by atoms with Crippen LogP contribution in [0.25, 0.3) is 0 Å². The van der Waals surface area contributed by atoms with Crippen molar-refractivity contribution in [3.8, 4) is 0 Å². The third kappa shape index (κ3) is 3.39. The summed E-state index contributed by atoms with van der Waals surface area (Å²) >= 11 is 0. The Hall–Kier alpha value is -1.22. The first-order chi connectivity index (χ1) is 8.03. The van der Waals surface area contributed by atoms with Gasteiger partial charge in [0.05, 0.1) is 0 Å². The first-order valence-electron chi connectivity index (χ1n) is 4.50. The number of sulfonamides is 1. The quantitative estimate of drug-likeness (QED) is 0.869. The lowest BCUT2D eigenvalue weighted by Gasteiger charge is -2.19. The van der Waals surface area contributed by atoms with Crippen molar-refractivity contribution in [2.45, 2.75) is 17.9 Å². The summed E-state index contributed by atoms with van der Waals surface area (Å²) in [7, 11) is -4.99. The zero-order valence-electron chi connectivity index (χ0n) is 8.66. The van der Waals surface area contributed by atoms with Crippen molar-refractivity contribution in [2.75, 3.05) is 0 Å². The molecule has 1 atom stereocenters. The van der Waals surface area contributed by atoms with E-state index >= 15 is 0 Å². The van der Waals surface area contributed by atoms with Gasteiger partial charge in [-0.05, 0) is 11.6 Å². The Morgan fingerprint density at radius 3 is 2.00 bits per heavy atom. The number of hydrogen-bond donors (Lipinski definition) is 1. The third-order valence-corrected chi connectivity index (χ3v) is 3.29. The minimum absolute atomic E-state index is 0.479. The molecule has 0 fully saturated rings. The van der Waals surface area contributed by atoms with Crippen molar-refractivity contribution >= 4 is 10.0 Å². The zero-order valence-corrected chi connectivity index (χ0v) is 9.47. The molecular weight excluding hydrogens is 281 g/mol. The van der Waals surface area contributed by atoms with Crippen LogP contribution in [-0.4, -0.2) is 14.6 Å². The first kappa shape index (κ1) is 14.8. The topological polar surface area (TPSA) is 60.2 Å². The number of primary sulfonamides is 1. The Kier molecular flexibility index (Phi) is 3.96. The average molecular weight is 289 g/mol. The van der Waals surface area contributed by atoms with Gasteiger partial charge in [0.15, 0.2) is 5.25 Å². The zero-order chi connectivity index (χ0) is 14.1. The third-order valence-electron chi connectivity index (χ3n) is 2.09. The molecule has 1 rings (SSSR count). The van der Waals surface area contributed by atoms with E-state index in [2.05, 4.69) is 5.14 Å². The predicted octanol–water partition coefficient (Wildman–Crippen LogP) is 2.52. The van der Waals surface area contributed by atoms with Crippen molar-refractivity contribution in [3.63, 3.8) is 0 Å². The molecule has 102 valence electrons. The van der Waals surface area contributed by atoms with Crippen LogP contribution in [0.1, 0.15) is 22.8 Å². The molecule has 0 bridgehead atoms. The maximum atomic E-state index is 12.6. The Balaban J connectivity index is 3.36. The van der Waals surface area contributed by atoms with Gasteiger partial charge in [-0.2, -0.15) is 13.2 Å². The van der Waals surface area contributed by atoms with E-state index in [-0.39, 0.29) is 0 Å². The fourth-order valence-electron chi connectivity index (χ4n) is 1.42. The van der Waals surface area contributed by atoms with Gasteiger partial charge >= 0.3 is 6.18 Å². The molecule has 1 unspecified atom stereocenters. The lowest BCUT2D eigenvalue weighted by molar-refractivity contribution is -0.131. The van der Waals surface area contributed by atoms with E-state index in [0.717, 1.165) is 18.2 Å². The van der Waals surface area contributed by atoms with Crippen molar-refractivity contribution < 1.29 is 30.4 Å². The van der Waals surface area contributed by atoms with Gasteiger partial charge in [0.1, 0.15) is 0 Å². The van der Waals surface area contributed by atoms with E-state index in [9.17, 15) is 30.4 Å². The van der Waals surface area contributed by atoms with E-state index in [1.165, 1.54) is 0 Å². The van der Waals surface area contributed by atoms with Gasteiger partial charge in [-0.3, -0.25) is 0 Å². The molecule has 0 radical (unpaired) electrons. The molecular formula is C9H8F5NO2S. The van der Waals surface area contributed by atoms with Crippen LogP contribution in [0.5, 0.6) is 0 Å². The number of nitrogens with two attached hydrogens (primary N) is 1. The van der Waals surface area contributed by atoms with Crippen molar-refractivity contribution in [3.05, 3.63) is 35.4 Å². The minimum atomic E-state index is -5.17. The molecule has 0 saturated heterocycles.